The van der Waals surface area contributed by atoms with E-state index in [-0.39, 0.29) is 17.9 Å². The number of aryl methyl sites for hydroxylation is 3. The van der Waals surface area contributed by atoms with Gasteiger partial charge in [-0.2, -0.15) is 0 Å². The van der Waals surface area contributed by atoms with Crippen molar-refractivity contribution < 1.29 is 9.90 Å². The molecule has 1 aromatic carbocycles. The Morgan fingerprint density at radius 2 is 1.89 bits per heavy atom. The molecule has 1 fully saturated rings. The van der Waals surface area contributed by atoms with E-state index < -0.39 is 0 Å². The van der Waals surface area contributed by atoms with Crippen molar-refractivity contribution in [1.29, 1.82) is 0 Å². The Hall–Kier alpha value is -2.09. The predicted octanol–water partition coefficient (Wildman–Crippen LogP) is 4.50. The third-order valence-corrected chi connectivity index (χ3v) is 7.01. The second kappa shape index (κ2) is 7.73. The average molecular weight is 414 g/mol. The Labute approximate surface area is 172 Å². The molecule has 146 valence electrons. The minimum absolute atomic E-state index is 0.0454. The normalized spacial score (nSPS) is 18.7. The molecular weight excluding hydrogens is 390 g/mol. The molecule has 2 aromatic heterocycles. The van der Waals surface area contributed by atoms with Gasteiger partial charge in [-0.05, 0) is 39.2 Å². The predicted molar refractivity (Wildman–Crippen MR) is 114 cm³/mol. The maximum absolute atomic E-state index is 13.1. The number of carbonyl (C=O) groups excluding carboxylic acids is 1. The van der Waals surface area contributed by atoms with Gasteiger partial charge in [-0.25, -0.2) is 9.97 Å². The third-order valence-electron chi connectivity index (χ3n) is 5.05. The van der Waals surface area contributed by atoms with Crippen LogP contribution in [-0.2, 0) is 11.3 Å². The smallest absolute Gasteiger partial charge is 0.232 e. The summed E-state index contributed by atoms with van der Waals surface area (Å²) in [6.45, 7) is 6.51. The van der Waals surface area contributed by atoms with Crippen molar-refractivity contribution in [2.24, 2.45) is 5.92 Å². The van der Waals surface area contributed by atoms with Gasteiger partial charge in [0.2, 0.25) is 5.91 Å². The molecule has 2 heterocycles. The molecule has 1 saturated carbocycles. The van der Waals surface area contributed by atoms with Gasteiger partial charge in [-0.3, -0.25) is 9.69 Å². The fraction of sp³-hybridized carbons (Fsp3) is 0.381. The van der Waals surface area contributed by atoms with Crippen LogP contribution in [0, 0.1) is 26.7 Å². The topological polar surface area (TPSA) is 66.3 Å². The first-order valence-electron chi connectivity index (χ1n) is 9.35. The number of rotatable bonds is 5. The van der Waals surface area contributed by atoms with Crippen molar-refractivity contribution in [3.8, 4) is 10.6 Å². The van der Waals surface area contributed by atoms with E-state index in [0.29, 0.717) is 24.5 Å². The molecule has 28 heavy (non-hydrogen) atoms. The molecular formula is C21H23N3O2S2. The summed E-state index contributed by atoms with van der Waals surface area (Å²) in [4.78, 5) is 25.2. The molecule has 0 unspecified atom stereocenters. The molecule has 0 saturated heterocycles. The maximum atomic E-state index is 13.1. The molecule has 1 amide bonds. The van der Waals surface area contributed by atoms with Crippen molar-refractivity contribution >= 4 is 33.7 Å². The molecule has 0 radical (unpaired) electrons. The molecule has 0 aliphatic heterocycles. The van der Waals surface area contributed by atoms with Crippen LogP contribution in [0.25, 0.3) is 10.6 Å². The van der Waals surface area contributed by atoms with Crippen molar-refractivity contribution in [3.05, 3.63) is 51.5 Å². The van der Waals surface area contributed by atoms with E-state index in [1.54, 1.807) is 16.2 Å². The molecule has 1 aliphatic carbocycles. The second-order valence-corrected chi connectivity index (χ2v) is 9.43. The standard InChI is InChI=1S/C21H23N3O2S2/c1-12-4-6-15(7-5-12)10-24(20(26)16-8-17(25)9-16)21-23-18(11-27-21)19-13(2)22-14(3)28-19/h4-7,11,16-17,25H,8-10H2,1-3H3. The first kappa shape index (κ1) is 19.2. The molecule has 7 heteroatoms. The second-order valence-electron chi connectivity index (χ2n) is 7.39. The highest BCUT2D eigenvalue weighted by molar-refractivity contribution is 7.16. The molecule has 0 atom stereocenters. The monoisotopic (exact) mass is 413 g/mol. The van der Waals surface area contributed by atoms with Gasteiger partial charge in [0.15, 0.2) is 5.13 Å². The van der Waals surface area contributed by atoms with Crippen LogP contribution < -0.4 is 4.90 Å². The molecule has 5 nitrogen and oxygen atoms in total. The van der Waals surface area contributed by atoms with Crippen LogP contribution in [0.5, 0.6) is 0 Å². The van der Waals surface area contributed by atoms with Crippen LogP contribution in [0.2, 0.25) is 0 Å². The Balaban J connectivity index is 1.64. The fourth-order valence-corrected chi connectivity index (χ4v) is 5.16. The molecule has 1 N–H and O–H groups in total. The van der Waals surface area contributed by atoms with Gasteiger partial charge in [0.05, 0.1) is 33.9 Å². The van der Waals surface area contributed by atoms with Gasteiger partial charge >= 0.3 is 0 Å². The van der Waals surface area contributed by atoms with Gasteiger partial charge in [-0.15, -0.1) is 22.7 Å². The number of aliphatic hydroxyl groups excluding tert-OH is 1. The summed E-state index contributed by atoms with van der Waals surface area (Å²) in [5.41, 5.74) is 4.10. The van der Waals surface area contributed by atoms with Gasteiger partial charge in [0.1, 0.15) is 0 Å². The van der Waals surface area contributed by atoms with E-state index in [1.807, 2.05) is 19.2 Å². The lowest BCUT2D eigenvalue weighted by Crippen LogP contribution is -2.43. The van der Waals surface area contributed by atoms with Crippen LogP contribution in [0.1, 0.15) is 34.7 Å². The largest absolute Gasteiger partial charge is 0.393 e. The van der Waals surface area contributed by atoms with Crippen LogP contribution >= 0.6 is 22.7 Å². The van der Waals surface area contributed by atoms with Crippen molar-refractivity contribution in [1.82, 2.24) is 9.97 Å². The lowest BCUT2D eigenvalue weighted by Gasteiger charge is -2.34. The number of aromatic nitrogens is 2. The number of amides is 1. The van der Waals surface area contributed by atoms with Crippen molar-refractivity contribution in [2.45, 2.75) is 46.3 Å². The number of hydrogen-bond acceptors (Lipinski definition) is 6. The fourth-order valence-electron chi connectivity index (χ4n) is 3.39. The van der Waals surface area contributed by atoms with Crippen LogP contribution in [-0.4, -0.2) is 27.1 Å². The number of anilines is 1. The average Bonchev–Trinajstić information content (AvgIpc) is 3.24. The zero-order valence-electron chi connectivity index (χ0n) is 16.2. The summed E-state index contributed by atoms with van der Waals surface area (Å²) >= 11 is 3.11. The van der Waals surface area contributed by atoms with Crippen LogP contribution in [0.3, 0.4) is 0 Å². The Morgan fingerprint density at radius 3 is 2.50 bits per heavy atom. The number of benzene rings is 1. The highest BCUT2D eigenvalue weighted by Crippen LogP contribution is 2.36. The minimum Gasteiger partial charge on any atom is -0.393 e. The summed E-state index contributed by atoms with van der Waals surface area (Å²) in [5.74, 6) is -0.0795. The highest BCUT2D eigenvalue weighted by atomic mass is 32.1. The molecule has 0 bridgehead atoms. The number of nitrogens with zero attached hydrogens (tertiary/aromatic N) is 3. The Morgan fingerprint density at radius 1 is 1.18 bits per heavy atom. The first-order chi connectivity index (χ1) is 13.4. The number of thiazole rings is 2. The quantitative estimate of drug-likeness (QED) is 0.669. The van der Waals surface area contributed by atoms with Crippen LogP contribution in [0.15, 0.2) is 29.6 Å². The summed E-state index contributed by atoms with van der Waals surface area (Å²) in [6.07, 6.45) is 0.716. The SMILES string of the molecule is Cc1ccc(CN(C(=O)C2CC(O)C2)c2nc(-c3sc(C)nc3C)cs2)cc1. The minimum atomic E-state index is -0.357. The zero-order valence-corrected chi connectivity index (χ0v) is 17.8. The van der Waals surface area contributed by atoms with Crippen LogP contribution in [0.4, 0.5) is 5.13 Å². The van der Waals surface area contributed by atoms with Gasteiger partial charge in [0, 0.05) is 11.3 Å². The van der Waals surface area contributed by atoms with E-state index >= 15 is 0 Å². The highest BCUT2D eigenvalue weighted by Gasteiger charge is 2.37. The van der Waals surface area contributed by atoms with Gasteiger partial charge < -0.3 is 5.11 Å². The summed E-state index contributed by atoms with van der Waals surface area (Å²) in [5, 5.41) is 13.3. The number of aliphatic hydroxyl groups is 1. The zero-order chi connectivity index (χ0) is 19.8. The summed E-state index contributed by atoms with van der Waals surface area (Å²) in [7, 11) is 0. The van der Waals surface area contributed by atoms with E-state index in [4.69, 9.17) is 4.98 Å². The first-order valence-corrected chi connectivity index (χ1v) is 11.0. The molecule has 0 spiro atoms. The molecule has 3 aromatic rings. The van der Waals surface area contributed by atoms with Crippen molar-refractivity contribution in [2.75, 3.05) is 4.90 Å². The third kappa shape index (κ3) is 3.87. The Kier molecular flexibility index (Phi) is 5.31. The van der Waals surface area contributed by atoms with E-state index in [1.165, 1.54) is 16.9 Å². The van der Waals surface area contributed by atoms with E-state index in [0.717, 1.165) is 26.8 Å². The summed E-state index contributed by atoms with van der Waals surface area (Å²) in [6, 6.07) is 8.22. The summed E-state index contributed by atoms with van der Waals surface area (Å²) < 4.78 is 0. The molecule has 4 rings (SSSR count). The van der Waals surface area contributed by atoms with E-state index in [2.05, 4.69) is 36.2 Å². The Bertz CT molecular complexity index is 988. The number of carbonyl (C=O) groups is 1. The van der Waals surface area contributed by atoms with Gasteiger partial charge in [-0.1, -0.05) is 29.8 Å². The lowest BCUT2D eigenvalue weighted by atomic mass is 9.81. The maximum Gasteiger partial charge on any atom is 0.232 e. The van der Waals surface area contributed by atoms with Crippen molar-refractivity contribution in [3.63, 3.8) is 0 Å². The van der Waals surface area contributed by atoms with E-state index in [9.17, 15) is 9.90 Å². The molecule has 1 aliphatic rings. The lowest BCUT2D eigenvalue weighted by molar-refractivity contribution is -0.128. The number of hydrogen-bond donors (Lipinski definition) is 1. The van der Waals surface area contributed by atoms with Gasteiger partial charge in [0.25, 0.3) is 0 Å².